The molecule has 4 aromatic carbocycles. The third-order valence-corrected chi connectivity index (χ3v) is 9.63. The molecular weight excluding hydrogens is 638 g/mol. The number of likely N-dealkylation sites (N-methyl/N-ethyl adjacent to an activating group) is 1. The number of nitrogens with zero attached hydrogens (tertiary/aromatic N) is 2. The second-order valence-corrected chi connectivity index (χ2v) is 13.4. The lowest BCUT2D eigenvalue weighted by molar-refractivity contribution is -0.140. The molecule has 248 valence electrons. The van der Waals surface area contributed by atoms with E-state index in [1.807, 2.05) is 50.2 Å². The Kier molecular flexibility index (Phi) is 11.9. The number of benzene rings is 4. The van der Waals surface area contributed by atoms with E-state index in [-0.39, 0.29) is 29.5 Å². The summed E-state index contributed by atoms with van der Waals surface area (Å²) in [5, 5.41) is 3.39. The summed E-state index contributed by atoms with van der Waals surface area (Å²) in [6.45, 7) is 5.35. The first-order chi connectivity index (χ1) is 22.5. The first-order valence-electron chi connectivity index (χ1n) is 15.2. The van der Waals surface area contributed by atoms with Crippen LogP contribution in [0.4, 0.5) is 5.69 Å². The zero-order chi connectivity index (χ0) is 34.1. The number of sulfonamides is 1. The Morgan fingerprint density at radius 3 is 2.06 bits per heavy atom. The Labute approximate surface area is 282 Å². The molecule has 0 aliphatic carbocycles. The molecule has 9 nitrogen and oxygen atoms in total. The van der Waals surface area contributed by atoms with Crippen LogP contribution in [0.3, 0.4) is 0 Å². The highest BCUT2D eigenvalue weighted by Gasteiger charge is 2.35. The molecule has 1 atom stereocenters. The number of rotatable bonds is 14. The number of halogens is 1. The second-order valence-electron chi connectivity index (χ2n) is 11.1. The number of amides is 2. The van der Waals surface area contributed by atoms with Gasteiger partial charge >= 0.3 is 0 Å². The van der Waals surface area contributed by atoms with E-state index in [9.17, 15) is 18.0 Å². The van der Waals surface area contributed by atoms with E-state index in [2.05, 4.69) is 5.32 Å². The summed E-state index contributed by atoms with van der Waals surface area (Å²) in [6.07, 6.45) is 0.220. The number of anilines is 1. The van der Waals surface area contributed by atoms with Gasteiger partial charge in [-0.2, -0.15) is 0 Å². The van der Waals surface area contributed by atoms with Crippen molar-refractivity contribution in [2.45, 2.75) is 44.7 Å². The lowest BCUT2D eigenvalue weighted by Crippen LogP contribution is -2.53. The molecule has 47 heavy (non-hydrogen) atoms. The van der Waals surface area contributed by atoms with E-state index in [1.54, 1.807) is 43.3 Å². The van der Waals surface area contributed by atoms with Crippen LogP contribution in [0.2, 0.25) is 5.02 Å². The summed E-state index contributed by atoms with van der Waals surface area (Å²) in [5.41, 5.74) is 3.53. The Morgan fingerprint density at radius 2 is 1.47 bits per heavy atom. The van der Waals surface area contributed by atoms with Gasteiger partial charge in [0.2, 0.25) is 11.8 Å². The van der Waals surface area contributed by atoms with Gasteiger partial charge in [0.05, 0.1) is 24.8 Å². The number of methoxy groups -OCH3 is 2. The Hall–Kier alpha value is -4.54. The average Bonchev–Trinajstić information content (AvgIpc) is 3.05. The first kappa shape index (κ1) is 35.3. The van der Waals surface area contributed by atoms with Gasteiger partial charge in [0.1, 0.15) is 12.6 Å². The van der Waals surface area contributed by atoms with Gasteiger partial charge in [-0.15, -0.1) is 0 Å². The first-order valence-corrected chi connectivity index (χ1v) is 17.0. The normalized spacial score (nSPS) is 11.8. The molecule has 0 fully saturated rings. The van der Waals surface area contributed by atoms with Gasteiger partial charge < -0.3 is 19.7 Å². The van der Waals surface area contributed by atoms with Crippen molar-refractivity contribution in [1.29, 1.82) is 0 Å². The predicted octanol–water partition coefficient (Wildman–Crippen LogP) is 5.95. The number of hydrogen-bond donors (Lipinski definition) is 1. The molecule has 0 saturated carbocycles. The number of carbonyl (C=O) groups excluding carboxylic acids is 2. The standard InChI is InChI=1S/C36H40ClN3O6S/c1-6-38-36(42)32(21-27-10-8-7-9-11-27)39(23-28-12-14-29(37)15-13-28)35(41)24-40(30-19-25(2)18-26(3)20-30)47(43,44)31-16-17-33(45-4)34(22-31)46-5/h7-20,22,32H,6,21,23-24H2,1-5H3,(H,38,42)/t32-/m1/s1. The fourth-order valence-corrected chi connectivity index (χ4v) is 6.90. The van der Waals surface area contributed by atoms with Crippen molar-refractivity contribution in [1.82, 2.24) is 10.2 Å². The molecule has 0 aromatic heterocycles. The van der Waals surface area contributed by atoms with Crippen molar-refractivity contribution in [2.24, 2.45) is 0 Å². The van der Waals surface area contributed by atoms with Crippen LogP contribution in [-0.4, -0.2) is 58.5 Å². The molecule has 1 N–H and O–H groups in total. The lowest BCUT2D eigenvalue weighted by atomic mass is 10.0. The summed E-state index contributed by atoms with van der Waals surface area (Å²) < 4.78 is 40.7. The number of ether oxygens (including phenoxy) is 2. The predicted molar refractivity (Wildman–Crippen MR) is 185 cm³/mol. The summed E-state index contributed by atoms with van der Waals surface area (Å²) >= 11 is 6.15. The van der Waals surface area contributed by atoms with Crippen LogP contribution >= 0.6 is 11.6 Å². The van der Waals surface area contributed by atoms with Crippen LogP contribution in [0, 0.1) is 13.8 Å². The second kappa shape index (κ2) is 15.8. The van der Waals surface area contributed by atoms with Crippen molar-refractivity contribution in [3.8, 4) is 11.5 Å². The zero-order valence-corrected chi connectivity index (χ0v) is 28.8. The number of hydrogen-bond acceptors (Lipinski definition) is 6. The minimum Gasteiger partial charge on any atom is -0.493 e. The Bertz CT molecular complexity index is 1780. The van der Waals surface area contributed by atoms with Gasteiger partial charge in [0, 0.05) is 30.6 Å². The fraction of sp³-hybridized carbons (Fsp3) is 0.278. The highest BCUT2D eigenvalue weighted by Crippen LogP contribution is 2.33. The Morgan fingerprint density at radius 1 is 0.830 bits per heavy atom. The van der Waals surface area contributed by atoms with E-state index in [1.165, 1.54) is 37.3 Å². The summed E-state index contributed by atoms with van der Waals surface area (Å²) in [6, 6.07) is 25.1. The van der Waals surface area contributed by atoms with Crippen LogP contribution in [0.15, 0.2) is 95.9 Å². The number of carbonyl (C=O) groups is 2. The van der Waals surface area contributed by atoms with Gasteiger partial charge in [-0.25, -0.2) is 8.42 Å². The fourth-order valence-electron chi connectivity index (χ4n) is 5.36. The highest BCUT2D eigenvalue weighted by atomic mass is 35.5. The van der Waals surface area contributed by atoms with E-state index >= 15 is 0 Å². The average molecular weight is 678 g/mol. The van der Waals surface area contributed by atoms with Crippen molar-refractivity contribution in [2.75, 3.05) is 31.6 Å². The molecule has 4 rings (SSSR count). The number of aryl methyl sites for hydroxylation is 2. The van der Waals surface area contributed by atoms with Crippen LogP contribution < -0.4 is 19.1 Å². The van der Waals surface area contributed by atoms with Gasteiger partial charge in [-0.05, 0) is 79.4 Å². The van der Waals surface area contributed by atoms with E-state index < -0.39 is 28.5 Å². The molecule has 0 unspecified atom stereocenters. The van der Waals surface area contributed by atoms with Crippen LogP contribution in [0.5, 0.6) is 11.5 Å². The minimum atomic E-state index is -4.34. The van der Waals surface area contributed by atoms with E-state index in [0.717, 1.165) is 26.6 Å². The van der Waals surface area contributed by atoms with Gasteiger partial charge in [-0.3, -0.25) is 13.9 Å². The quantitative estimate of drug-likeness (QED) is 0.177. The third kappa shape index (κ3) is 8.84. The van der Waals surface area contributed by atoms with Crippen LogP contribution in [0.25, 0.3) is 0 Å². The van der Waals surface area contributed by atoms with Crippen molar-refractivity contribution in [3.63, 3.8) is 0 Å². The van der Waals surface area contributed by atoms with E-state index in [0.29, 0.717) is 23.0 Å². The molecule has 11 heteroatoms. The summed E-state index contributed by atoms with van der Waals surface area (Å²) in [5.74, 6) is -0.321. The molecule has 0 aliphatic heterocycles. The molecule has 4 aromatic rings. The van der Waals surface area contributed by atoms with E-state index in [4.69, 9.17) is 21.1 Å². The topological polar surface area (TPSA) is 105 Å². The third-order valence-electron chi connectivity index (χ3n) is 7.60. The molecule has 0 heterocycles. The lowest BCUT2D eigenvalue weighted by Gasteiger charge is -2.34. The van der Waals surface area contributed by atoms with Crippen molar-refractivity contribution >= 4 is 39.1 Å². The molecule has 0 radical (unpaired) electrons. The molecular formula is C36H40ClN3O6S. The molecule has 2 amide bonds. The molecule has 0 bridgehead atoms. The molecule has 0 spiro atoms. The molecule has 0 aliphatic rings. The smallest absolute Gasteiger partial charge is 0.264 e. The minimum absolute atomic E-state index is 0.0434. The zero-order valence-electron chi connectivity index (χ0n) is 27.2. The highest BCUT2D eigenvalue weighted by molar-refractivity contribution is 7.92. The molecule has 0 saturated heterocycles. The SMILES string of the molecule is CCNC(=O)[C@@H](Cc1ccccc1)N(Cc1ccc(Cl)cc1)C(=O)CN(c1cc(C)cc(C)c1)S(=O)(=O)c1ccc(OC)c(OC)c1. The van der Waals surface area contributed by atoms with Crippen molar-refractivity contribution in [3.05, 3.63) is 118 Å². The van der Waals surface area contributed by atoms with Gasteiger partial charge in [0.15, 0.2) is 11.5 Å². The maximum absolute atomic E-state index is 14.6. The van der Waals surface area contributed by atoms with Crippen LogP contribution in [0.1, 0.15) is 29.2 Å². The number of nitrogens with one attached hydrogen (secondary N) is 1. The van der Waals surface area contributed by atoms with Crippen molar-refractivity contribution < 1.29 is 27.5 Å². The maximum atomic E-state index is 14.6. The van der Waals surface area contributed by atoms with Gasteiger partial charge in [0.25, 0.3) is 10.0 Å². The van der Waals surface area contributed by atoms with Crippen LogP contribution in [-0.2, 0) is 32.6 Å². The maximum Gasteiger partial charge on any atom is 0.264 e. The summed E-state index contributed by atoms with van der Waals surface area (Å²) in [7, 11) is -1.46. The largest absolute Gasteiger partial charge is 0.493 e. The summed E-state index contributed by atoms with van der Waals surface area (Å²) in [4.78, 5) is 29.6. The van der Waals surface area contributed by atoms with Gasteiger partial charge in [-0.1, -0.05) is 60.1 Å². The monoisotopic (exact) mass is 677 g/mol. The Balaban J connectivity index is 1.84.